The molecule has 1 unspecified atom stereocenters. The Morgan fingerprint density at radius 2 is 2.12 bits per heavy atom. The van der Waals surface area contributed by atoms with Gasteiger partial charge in [-0.3, -0.25) is 4.79 Å². The number of carbonyl (C=O) groups is 1. The Bertz CT molecular complexity index is 379. The second-order valence-corrected chi connectivity index (χ2v) is 4.75. The van der Waals surface area contributed by atoms with Gasteiger partial charge in [0.15, 0.2) is 0 Å². The molecule has 1 aliphatic rings. The Balaban J connectivity index is 2.03. The van der Waals surface area contributed by atoms with Gasteiger partial charge in [0, 0.05) is 18.0 Å². The molecule has 1 aromatic rings. The minimum atomic E-state index is -0.318. The Kier molecular flexibility index (Phi) is 3.17. The molecule has 1 atom stereocenters. The van der Waals surface area contributed by atoms with Crippen LogP contribution in [0.4, 0.5) is 0 Å². The van der Waals surface area contributed by atoms with Gasteiger partial charge in [0.1, 0.15) is 6.61 Å². The highest BCUT2D eigenvalue weighted by atomic mass is 35.5. The van der Waals surface area contributed by atoms with Crippen molar-refractivity contribution in [1.29, 1.82) is 0 Å². The molecule has 0 bridgehead atoms. The number of hydrogen-bond acceptors (Lipinski definition) is 2. The molecule has 1 fully saturated rings. The first-order valence-electron chi connectivity index (χ1n) is 5.23. The summed E-state index contributed by atoms with van der Waals surface area (Å²) in [5, 5.41) is 3.54. The van der Waals surface area contributed by atoms with Crippen LogP contribution in [0, 0.1) is 0 Å². The van der Waals surface area contributed by atoms with E-state index >= 15 is 0 Å². The fourth-order valence-corrected chi connectivity index (χ4v) is 1.90. The van der Waals surface area contributed by atoms with Gasteiger partial charge in [0.05, 0.1) is 5.60 Å². The van der Waals surface area contributed by atoms with Crippen molar-refractivity contribution in [3.8, 4) is 0 Å². The lowest BCUT2D eigenvalue weighted by Gasteiger charge is -2.34. The molecule has 1 aliphatic heterocycles. The molecular weight excluding hydrogens is 226 g/mol. The van der Waals surface area contributed by atoms with E-state index in [1.165, 1.54) is 0 Å². The minimum Gasteiger partial charge on any atom is -0.363 e. The van der Waals surface area contributed by atoms with E-state index in [0.29, 0.717) is 6.54 Å². The minimum absolute atomic E-state index is 0.0476. The first kappa shape index (κ1) is 11.4. The van der Waals surface area contributed by atoms with E-state index in [2.05, 4.69) is 5.32 Å². The third-order valence-corrected chi connectivity index (χ3v) is 2.95. The predicted octanol–water partition coefficient (Wildman–Crippen LogP) is 1.79. The molecule has 16 heavy (non-hydrogen) atoms. The molecule has 1 aromatic carbocycles. The number of hydrogen-bond donors (Lipinski definition) is 1. The molecule has 86 valence electrons. The van der Waals surface area contributed by atoms with Gasteiger partial charge in [-0.2, -0.15) is 0 Å². The number of ether oxygens (including phenoxy) is 1. The van der Waals surface area contributed by atoms with Crippen molar-refractivity contribution >= 4 is 17.5 Å². The van der Waals surface area contributed by atoms with E-state index in [1.807, 2.05) is 31.2 Å². The quantitative estimate of drug-likeness (QED) is 0.855. The van der Waals surface area contributed by atoms with E-state index in [0.717, 1.165) is 17.0 Å². The van der Waals surface area contributed by atoms with Crippen LogP contribution in [0.3, 0.4) is 0 Å². The maximum Gasteiger partial charge on any atom is 0.246 e. The standard InChI is InChI=1S/C12H14ClNO2/c1-12(8-14-11(15)7-16-12)6-9-2-4-10(13)5-3-9/h2-5H,6-8H2,1H3,(H,14,15). The lowest BCUT2D eigenvalue weighted by atomic mass is 9.95. The average molecular weight is 240 g/mol. The van der Waals surface area contributed by atoms with Crippen molar-refractivity contribution in [3.05, 3.63) is 34.9 Å². The molecule has 1 heterocycles. The average Bonchev–Trinajstić information content (AvgIpc) is 2.27. The summed E-state index contributed by atoms with van der Waals surface area (Å²) in [6.07, 6.45) is 0.768. The molecule has 1 saturated heterocycles. The maximum absolute atomic E-state index is 11.0. The predicted molar refractivity (Wildman–Crippen MR) is 62.5 cm³/mol. The number of rotatable bonds is 2. The Morgan fingerprint density at radius 3 is 2.69 bits per heavy atom. The number of morpholine rings is 1. The van der Waals surface area contributed by atoms with E-state index in [9.17, 15) is 4.79 Å². The number of amides is 1. The first-order chi connectivity index (χ1) is 7.57. The number of halogens is 1. The Hall–Kier alpha value is -1.06. The molecule has 1 amide bonds. The van der Waals surface area contributed by atoms with Crippen LogP contribution in [-0.4, -0.2) is 24.7 Å². The van der Waals surface area contributed by atoms with Crippen LogP contribution in [0.25, 0.3) is 0 Å². The second kappa shape index (κ2) is 4.44. The zero-order chi connectivity index (χ0) is 11.6. The first-order valence-corrected chi connectivity index (χ1v) is 5.60. The summed E-state index contributed by atoms with van der Waals surface area (Å²) in [5.41, 5.74) is 0.838. The molecule has 0 spiro atoms. The van der Waals surface area contributed by atoms with Gasteiger partial charge in [-0.15, -0.1) is 0 Å². The fraction of sp³-hybridized carbons (Fsp3) is 0.417. The highest BCUT2D eigenvalue weighted by Gasteiger charge is 2.30. The van der Waals surface area contributed by atoms with Crippen molar-refractivity contribution < 1.29 is 9.53 Å². The van der Waals surface area contributed by atoms with Crippen molar-refractivity contribution in [2.75, 3.05) is 13.2 Å². The molecule has 4 heteroatoms. The summed E-state index contributed by atoms with van der Waals surface area (Å²) in [7, 11) is 0. The topological polar surface area (TPSA) is 38.3 Å². The maximum atomic E-state index is 11.0. The summed E-state index contributed by atoms with van der Waals surface area (Å²) in [5.74, 6) is -0.0476. The van der Waals surface area contributed by atoms with Gasteiger partial charge < -0.3 is 10.1 Å². The van der Waals surface area contributed by atoms with Crippen LogP contribution in [0.5, 0.6) is 0 Å². The van der Waals surface area contributed by atoms with Crippen molar-refractivity contribution in [2.24, 2.45) is 0 Å². The number of benzene rings is 1. The van der Waals surface area contributed by atoms with Gasteiger partial charge >= 0.3 is 0 Å². The van der Waals surface area contributed by atoms with E-state index in [-0.39, 0.29) is 18.1 Å². The number of carbonyl (C=O) groups excluding carboxylic acids is 1. The van der Waals surface area contributed by atoms with Crippen molar-refractivity contribution in [1.82, 2.24) is 5.32 Å². The Labute approximate surface area is 99.7 Å². The monoisotopic (exact) mass is 239 g/mol. The molecule has 1 N–H and O–H groups in total. The van der Waals surface area contributed by atoms with Gasteiger partial charge in [0.2, 0.25) is 5.91 Å². The Morgan fingerprint density at radius 1 is 1.44 bits per heavy atom. The second-order valence-electron chi connectivity index (χ2n) is 4.32. The highest BCUT2D eigenvalue weighted by molar-refractivity contribution is 6.30. The molecule has 3 nitrogen and oxygen atoms in total. The summed E-state index contributed by atoms with van der Waals surface area (Å²) in [6.45, 7) is 2.69. The van der Waals surface area contributed by atoms with Gasteiger partial charge in [-0.1, -0.05) is 23.7 Å². The SMILES string of the molecule is CC1(Cc2ccc(Cl)cc2)CNC(=O)CO1. The van der Waals surface area contributed by atoms with Crippen molar-refractivity contribution in [3.63, 3.8) is 0 Å². The van der Waals surface area contributed by atoms with Gasteiger partial charge in [-0.25, -0.2) is 0 Å². The van der Waals surface area contributed by atoms with Crippen LogP contribution in [-0.2, 0) is 16.0 Å². The van der Waals surface area contributed by atoms with Crippen LogP contribution >= 0.6 is 11.6 Å². The molecule has 2 rings (SSSR count). The summed E-state index contributed by atoms with van der Waals surface area (Å²) in [4.78, 5) is 11.0. The van der Waals surface area contributed by atoms with Crippen LogP contribution in [0.1, 0.15) is 12.5 Å². The van der Waals surface area contributed by atoms with Crippen LogP contribution < -0.4 is 5.32 Å². The zero-order valence-corrected chi connectivity index (χ0v) is 9.88. The van der Waals surface area contributed by atoms with Crippen LogP contribution in [0.2, 0.25) is 5.02 Å². The lowest BCUT2D eigenvalue weighted by Crippen LogP contribution is -2.51. The summed E-state index contributed by atoms with van der Waals surface area (Å²) in [6, 6.07) is 7.68. The zero-order valence-electron chi connectivity index (χ0n) is 9.13. The third-order valence-electron chi connectivity index (χ3n) is 2.70. The molecule has 0 aromatic heterocycles. The molecular formula is C12H14ClNO2. The normalized spacial score (nSPS) is 25.2. The lowest BCUT2D eigenvalue weighted by molar-refractivity contribution is -0.141. The number of nitrogens with one attached hydrogen (secondary N) is 1. The third kappa shape index (κ3) is 2.74. The van der Waals surface area contributed by atoms with Gasteiger partial charge in [-0.05, 0) is 24.6 Å². The van der Waals surface area contributed by atoms with E-state index in [4.69, 9.17) is 16.3 Å². The van der Waals surface area contributed by atoms with E-state index in [1.54, 1.807) is 0 Å². The molecule has 0 aliphatic carbocycles. The molecule has 0 radical (unpaired) electrons. The van der Waals surface area contributed by atoms with Crippen molar-refractivity contribution in [2.45, 2.75) is 18.9 Å². The fourth-order valence-electron chi connectivity index (χ4n) is 1.77. The summed E-state index contributed by atoms with van der Waals surface area (Å²) < 4.78 is 5.57. The van der Waals surface area contributed by atoms with Crippen LogP contribution in [0.15, 0.2) is 24.3 Å². The largest absolute Gasteiger partial charge is 0.363 e. The molecule has 0 saturated carbocycles. The highest BCUT2D eigenvalue weighted by Crippen LogP contribution is 2.20. The smallest absolute Gasteiger partial charge is 0.246 e. The summed E-state index contributed by atoms with van der Waals surface area (Å²) >= 11 is 5.82. The van der Waals surface area contributed by atoms with Gasteiger partial charge in [0.25, 0.3) is 0 Å². The van der Waals surface area contributed by atoms with E-state index < -0.39 is 0 Å².